The predicted molar refractivity (Wildman–Crippen MR) is 122 cm³/mol. The van der Waals surface area contributed by atoms with Crippen molar-refractivity contribution in [3.63, 3.8) is 0 Å². The molecule has 0 aliphatic carbocycles. The van der Waals surface area contributed by atoms with Gasteiger partial charge in [0.25, 0.3) is 0 Å². The van der Waals surface area contributed by atoms with Gasteiger partial charge < -0.3 is 15.3 Å². The van der Waals surface area contributed by atoms with Gasteiger partial charge in [-0.05, 0) is 20.3 Å². The molecule has 5 heteroatoms. The first-order valence-corrected chi connectivity index (χ1v) is 11.4. The van der Waals surface area contributed by atoms with Crippen molar-refractivity contribution in [3.8, 4) is 0 Å². The summed E-state index contributed by atoms with van der Waals surface area (Å²) in [5.74, 6) is -2.15. The fraction of sp³-hybridized carbons (Fsp3) is 0.833. The smallest absolute Gasteiger partial charge is 0.303 e. The van der Waals surface area contributed by atoms with Crippen molar-refractivity contribution in [1.82, 2.24) is 0 Å². The van der Waals surface area contributed by atoms with E-state index < -0.39 is 11.9 Å². The van der Waals surface area contributed by atoms with Gasteiger partial charge in [-0.2, -0.15) is 0 Å². The average molecular weight is 417 g/mol. The van der Waals surface area contributed by atoms with E-state index in [1.54, 1.807) is 0 Å². The number of carboxylic acid groups (broad SMARTS) is 2. The maximum atomic E-state index is 9.64. The van der Waals surface area contributed by atoms with E-state index in [4.69, 9.17) is 15.3 Å². The second kappa shape index (κ2) is 28.8. The van der Waals surface area contributed by atoms with Crippen LogP contribution in [0.25, 0.3) is 0 Å². The molecule has 174 valence electrons. The van der Waals surface area contributed by atoms with Gasteiger partial charge in [-0.25, -0.2) is 0 Å². The van der Waals surface area contributed by atoms with Gasteiger partial charge in [0, 0.05) is 6.61 Å². The number of hydrogen-bond donors (Lipinski definition) is 3. The molecule has 0 fully saturated rings. The Balaban J connectivity index is -0.000000465. The zero-order valence-electron chi connectivity index (χ0n) is 19.4. The van der Waals surface area contributed by atoms with Gasteiger partial charge >= 0.3 is 11.9 Å². The van der Waals surface area contributed by atoms with Gasteiger partial charge in [0.15, 0.2) is 0 Å². The molecule has 0 radical (unpaired) electrons. The van der Waals surface area contributed by atoms with Crippen LogP contribution >= 0.6 is 0 Å². The van der Waals surface area contributed by atoms with Crippen LogP contribution < -0.4 is 0 Å². The number of hydrogen-bond acceptors (Lipinski definition) is 3. The Morgan fingerprint density at radius 2 is 0.862 bits per heavy atom. The topological polar surface area (TPSA) is 94.8 Å². The number of unbranched alkanes of at least 4 members (excludes halogenated alkanes) is 13. The maximum absolute atomic E-state index is 9.64. The Morgan fingerprint density at radius 3 is 1.07 bits per heavy atom. The van der Waals surface area contributed by atoms with Crippen molar-refractivity contribution in [2.75, 3.05) is 6.61 Å². The van der Waals surface area contributed by atoms with Gasteiger partial charge in [-0.3, -0.25) is 9.59 Å². The first-order valence-electron chi connectivity index (χ1n) is 11.4. The number of aliphatic hydroxyl groups excluding tert-OH is 1. The quantitative estimate of drug-likeness (QED) is 0.176. The SMILES string of the molecule is C=C(C)C.CCCCCCCCCCCCCCCCO.O=C(O)CCC(=O)O. The standard InChI is InChI=1S/C16H34O.C4H6O4.C4H8/c1-2-3-4-5-6-7-8-9-10-11-12-13-14-15-16-17;5-3(6)1-2-4(7)8;1-4(2)3/h17H,2-16H2,1H3;1-2H2,(H,5,6)(H,7,8);1H2,2-3H3. The highest BCUT2D eigenvalue weighted by Gasteiger charge is 2.00. The monoisotopic (exact) mass is 416 g/mol. The number of allylic oxidation sites excluding steroid dienone is 1. The van der Waals surface area contributed by atoms with E-state index in [1.807, 2.05) is 13.8 Å². The Bertz CT molecular complexity index is 334. The summed E-state index contributed by atoms with van der Waals surface area (Å²) in [5.41, 5.74) is 1.17. The summed E-state index contributed by atoms with van der Waals surface area (Å²) in [4.78, 5) is 19.3. The van der Waals surface area contributed by atoms with Crippen LogP contribution in [-0.4, -0.2) is 33.9 Å². The molecule has 0 aliphatic heterocycles. The van der Waals surface area contributed by atoms with Gasteiger partial charge in [0.2, 0.25) is 0 Å². The maximum Gasteiger partial charge on any atom is 0.303 e. The molecule has 0 aromatic carbocycles. The van der Waals surface area contributed by atoms with Crippen LogP contribution in [0.5, 0.6) is 0 Å². The molecule has 29 heavy (non-hydrogen) atoms. The molecule has 0 saturated carbocycles. The van der Waals surface area contributed by atoms with E-state index in [9.17, 15) is 9.59 Å². The zero-order chi connectivity index (χ0) is 22.8. The number of aliphatic carboxylic acids is 2. The summed E-state index contributed by atoms with van der Waals surface area (Å²) in [7, 11) is 0. The minimum atomic E-state index is -1.08. The lowest BCUT2D eigenvalue weighted by atomic mass is 10.0. The molecule has 3 N–H and O–H groups in total. The van der Waals surface area contributed by atoms with E-state index in [0.717, 1.165) is 6.42 Å². The summed E-state index contributed by atoms with van der Waals surface area (Å²) in [6.07, 6.45) is 18.6. The average Bonchev–Trinajstić information content (AvgIpc) is 2.64. The van der Waals surface area contributed by atoms with Crippen molar-refractivity contribution < 1.29 is 24.9 Å². The van der Waals surface area contributed by atoms with Crippen LogP contribution in [0.4, 0.5) is 0 Å². The minimum absolute atomic E-state index is 0.296. The highest BCUT2D eigenvalue weighted by atomic mass is 16.4. The number of carbonyl (C=O) groups is 2. The van der Waals surface area contributed by atoms with Crippen molar-refractivity contribution in [2.45, 2.75) is 124 Å². The summed E-state index contributed by atoms with van der Waals surface area (Å²) in [6, 6.07) is 0. The molecule has 0 unspecified atom stereocenters. The van der Waals surface area contributed by atoms with E-state index in [1.165, 1.54) is 89.0 Å². The van der Waals surface area contributed by atoms with E-state index in [2.05, 4.69) is 13.5 Å². The van der Waals surface area contributed by atoms with Crippen molar-refractivity contribution in [1.29, 1.82) is 0 Å². The number of rotatable bonds is 17. The third kappa shape index (κ3) is 52.0. The fourth-order valence-electron chi connectivity index (χ4n) is 2.52. The lowest BCUT2D eigenvalue weighted by molar-refractivity contribution is -0.143. The zero-order valence-corrected chi connectivity index (χ0v) is 19.4. The third-order valence-electron chi connectivity index (χ3n) is 4.06. The molecule has 0 rings (SSSR count). The summed E-state index contributed by atoms with van der Waals surface area (Å²) < 4.78 is 0. The van der Waals surface area contributed by atoms with Crippen molar-refractivity contribution in [3.05, 3.63) is 12.2 Å². The first kappa shape index (κ1) is 32.3. The van der Waals surface area contributed by atoms with E-state index in [0.29, 0.717) is 6.61 Å². The Kier molecular flexibility index (Phi) is 32.1. The van der Waals surface area contributed by atoms with Gasteiger partial charge in [0.05, 0.1) is 12.8 Å². The second-order valence-corrected chi connectivity index (χ2v) is 7.81. The fourth-order valence-corrected chi connectivity index (χ4v) is 2.52. The number of aliphatic hydroxyl groups is 1. The minimum Gasteiger partial charge on any atom is -0.481 e. The van der Waals surface area contributed by atoms with Crippen LogP contribution in [0, 0.1) is 0 Å². The Morgan fingerprint density at radius 1 is 0.621 bits per heavy atom. The van der Waals surface area contributed by atoms with Crippen LogP contribution in [0.15, 0.2) is 12.2 Å². The predicted octanol–water partition coefficient (Wildman–Crippen LogP) is 6.98. The van der Waals surface area contributed by atoms with Crippen molar-refractivity contribution in [2.24, 2.45) is 0 Å². The molecule has 0 spiro atoms. The largest absolute Gasteiger partial charge is 0.481 e. The lowest BCUT2D eigenvalue weighted by Gasteiger charge is -2.02. The molecular weight excluding hydrogens is 368 g/mol. The molecule has 0 aromatic rings. The van der Waals surface area contributed by atoms with E-state index in [-0.39, 0.29) is 12.8 Å². The summed E-state index contributed by atoms with van der Waals surface area (Å²) >= 11 is 0. The molecule has 0 saturated heterocycles. The van der Waals surface area contributed by atoms with Crippen LogP contribution in [0.2, 0.25) is 0 Å². The normalized spacial score (nSPS) is 9.66. The third-order valence-corrected chi connectivity index (χ3v) is 4.06. The van der Waals surface area contributed by atoms with Crippen molar-refractivity contribution >= 4 is 11.9 Å². The highest BCUT2D eigenvalue weighted by Crippen LogP contribution is 2.12. The lowest BCUT2D eigenvalue weighted by Crippen LogP contribution is -2.00. The molecular formula is C24H48O5. The molecule has 0 atom stereocenters. The highest BCUT2D eigenvalue weighted by molar-refractivity contribution is 5.75. The Hall–Kier alpha value is -1.36. The number of carboxylic acids is 2. The summed E-state index contributed by atoms with van der Waals surface area (Å²) in [6.45, 7) is 10.2. The van der Waals surface area contributed by atoms with Crippen LogP contribution in [0.3, 0.4) is 0 Å². The summed E-state index contributed by atoms with van der Waals surface area (Å²) in [5, 5.41) is 24.4. The molecule has 0 amide bonds. The van der Waals surface area contributed by atoms with Gasteiger partial charge in [0.1, 0.15) is 0 Å². The first-order chi connectivity index (χ1) is 13.8. The molecule has 0 heterocycles. The van der Waals surface area contributed by atoms with Gasteiger partial charge in [-0.1, -0.05) is 96.0 Å². The van der Waals surface area contributed by atoms with Crippen LogP contribution in [0.1, 0.15) is 124 Å². The Labute approximate surface area is 179 Å². The molecule has 0 aliphatic rings. The van der Waals surface area contributed by atoms with Crippen LogP contribution in [-0.2, 0) is 9.59 Å². The molecule has 0 bridgehead atoms. The van der Waals surface area contributed by atoms with Gasteiger partial charge in [-0.15, -0.1) is 6.58 Å². The second-order valence-electron chi connectivity index (χ2n) is 7.81. The molecule has 0 aromatic heterocycles. The van der Waals surface area contributed by atoms with E-state index >= 15 is 0 Å². The molecule has 5 nitrogen and oxygen atoms in total.